The smallest absolute Gasteiger partial charge is 0.337 e. The maximum atomic E-state index is 11.1. The lowest BCUT2D eigenvalue weighted by atomic mass is 10.1. The van der Waals surface area contributed by atoms with Gasteiger partial charge in [-0.1, -0.05) is 0 Å². The number of benzene rings is 1. The van der Waals surface area contributed by atoms with Crippen LogP contribution in [0.2, 0.25) is 0 Å². The van der Waals surface area contributed by atoms with Crippen LogP contribution in [0.1, 0.15) is 16.8 Å². The van der Waals surface area contributed by atoms with Crippen LogP contribution in [0.4, 0.5) is 5.69 Å². The summed E-state index contributed by atoms with van der Waals surface area (Å²) in [6.07, 6.45) is 0.885. The standard InChI is InChI=1S/C12H15NO4/c1-16-9-2-3-10(12(14)15)11(6-9)13-8-4-5-17-7-8/h2-3,6,8,13H,4-5,7H2,1H3,(H,14,15). The second-order valence-corrected chi connectivity index (χ2v) is 3.92. The number of nitrogens with one attached hydrogen (secondary N) is 1. The molecule has 1 aromatic carbocycles. The monoisotopic (exact) mass is 237 g/mol. The first-order valence-electron chi connectivity index (χ1n) is 5.46. The third-order valence-electron chi connectivity index (χ3n) is 2.75. The Morgan fingerprint density at radius 1 is 1.59 bits per heavy atom. The lowest BCUT2D eigenvalue weighted by Gasteiger charge is -2.15. The lowest BCUT2D eigenvalue weighted by molar-refractivity contribution is 0.0698. The van der Waals surface area contributed by atoms with E-state index in [4.69, 9.17) is 14.6 Å². The molecule has 5 heteroatoms. The molecule has 1 aliphatic heterocycles. The van der Waals surface area contributed by atoms with Crippen LogP contribution < -0.4 is 10.1 Å². The van der Waals surface area contributed by atoms with Gasteiger partial charge in [-0.15, -0.1) is 0 Å². The zero-order chi connectivity index (χ0) is 12.3. The molecule has 1 aromatic rings. The summed E-state index contributed by atoms with van der Waals surface area (Å²) in [5, 5.41) is 12.3. The molecule has 1 fully saturated rings. The fourth-order valence-electron chi connectivity index (χ4n) is 1.82. The van der Waals surface area contributed by atoms with Crippen LogP contribution >= 0.6 is 0 Å². The molecule has 92 valence electrons. The van der Waals surface area contributed by atoms with Crippen molar-refractivity contribution in [1.82, 2.24) is 0 Å². The maximum absolute atomic E-state index is 11.1. The highest BCUT2D eigenvalue weighted by Crippen LogP contribution is 2.24. The van der Waals surface area contributed by atoms with Gasteiger partial charge in [-0.2, -0.15) is 0 Å². The third-order valence-corrected chi connectivity index (χ3v) is 2.75. The van der Waals surface area contributed by atoms with Crippen LogP contribution in [0.25, 0.3) is 0 Å². The molecule has 1 saturated heterocycles. The molecule has 0 bridgehead atoms. The minimum absolute atomic E-state index is 0.167. The van der Waals surface area contributed by atoms with Crippen LogP contribution in [0.15, 0.2) is 18.2 Å². The summed E-state index contributed by atoms with van der Waals surface area (Å²) in [6.45, 7) is 1.32. The molecule has 1 unspecified atom stereocenters. The first-order valence-corrected chi connectivity index (χ1v) is 5.46. The molecular formula is C12H15NO4. The van der Waals surface area contributed by atoms with Crippen molar-refractivity contribution in [3.63, 3.8) is 0 Å². The Morgan fingerprint density at radius 3 is 3.00 bits per heavy atom. The van der Waals surface area contributed by atoms with Gasteiger partial charge in [0.05, 0.1) is 31.0 Å². The van der Waals surface area contributed by atoms with E-state index in [0.29, 0.717) is 24.7 Å². The van der Waals surface area contributed by atoms with Crippen molar-refractivity contribution in [3.8, 4) is 5.75 Å². The summed E-state index contributed by atoms with van der Waals surface area (Å²) in [7, 11) is 1.55. The highest BCUT2D eigenvalue weighted by atomic mass is 16.5. The second kappa shape index (κ2) is 5.05. The summed E-state index contributed by atoms with van der Waals surface area (Å²) in [5.74, 6) is -0.314. The number of carbonyl (C=O) groups is 1. The first-order chi connectivity index (χ1) is 8.20. The minimum atomic E-state index is -0.950. The van der Waals surface area contributed by atoms with Crippen molar-refractivity contribution in [3.05, 3.63) is 23.8 Å². The fraction of sp³-hybridized carbons (Fsp3) is 0.417. The summed E-state index contributed by atoms with van der Waals surface area (Å²) < 4.78 is 10.3. The number of hydrogen-bond donors (Lipinski definition) is 2. The highest BCUT2D eigenvalue weighted by molar-refractivity contribution is 5.94. The zero-order valence-corrected chi connectivity index (χ0v) is 9.60. The molecule has 0 aromatic heterocycles. The van der Waals surface area contributed by atoms with Crippen molar-refractivity contribution in [1.29, 1.82) is 0 Å². The molecule has 5 nitrogen and oxygen atoms in total. The van der Waals surface area contributed by atoms with Crippen LogP contribution in [0.5, 0.6) is 5.75 Å². The molecule has 0 saturated carbocycles. The predicted octanol–water partition coefficient (Wildman–Crippen LogP) is 1.59. The molecule has 1 atom stereocenters. The fourth-order valence-corrected chi connectivity index (χ4v) is 1.82. The SMILES string of the molecule is COc1ccc(C(=O)O)c(NC2CCOC2)c1. The van der Waals surface area contributed by atoms with E-state index in [-0.39, 0.29) is 11.6 Å². The van der Waals surface area contributed by atoms with Crippen LogP contribution in [-0.4, -0.2) is 37.4 Å². The molecule has 0 aliphatic carbocycles. The first kappa shape index (κ1) is 11.7. The predicted molar refractivity (Wildman–Crippen MR) is 62.8 cm³/mol. The molecule has 0 radical (unpaired) electrons. The lowest BCUT2D eigenvalue weighted by Crippen LogP contribution is -2.20. The molecule has 0 amide bonds. The van der Waals surface area contributed by atoms with Gasteiger partial charge in [0.25, 0.3) is 0 Å². The molecule has 1 aliphatic rings. The summed E-state index contributed by atoms with van der Waals surface area (Å²) in [5.41, 5.74) is 0.824. The van der Waals surface area contributed by atoms with Crippen LogP contribution in [0, 0.1) is 0 Å². The summed E-state index contributed by atoms with van der Waals surface area (Å²) >= 11 is 0. The highest BCUT2D eigenvalue weighted by Gasteiger charge is 2.18. The number of hydrogen-bond acceptors (Lipinski definition) is 4. The van der Waals surface area contributed by atoms with Gasteiger partial charge in [-0.05, 0) is 18.6 Å². The maximum Gasteiger partial charge on any atom is 0.337 e. The summed E-state index contributed by atoms with van der Waals surface area (Å²) in [4.78, 5) is 11.1. The minimum Gasteiger partial charge on any atom is -0.497 e. The van der Waals surface area contributed by atoms with Gasteiger partial charge in [0, 0.05) is 12.7 Å². The molecule has 1 heterocycles. The Bertz CT molecular complexity index is 413. The second-order valence-electron chi connectivity index (χ2n) is 3.92. The number of aromatic carboxylic acids is 1. The van der Waals surface area contributed by atoms with E-state index in [0.717, 1.165) is 6.42 Å². The Hall–Kier alpha value is -1.75. The van der Waals surface area contributed by atoms with Gasteiger partial charge in [0.15, 0.2) is 0 Å². The average molecular weight is 237 g/mol. The number of rotatable bonds is 4. The van der Waals surface area contributed by atoms with Crippen LogP contribution in [0.3, 0.4) is 0 Å². The molecular weight excluding hydrogens is 222 g/mol. The normalized spacial score (nSPS) is 19.0. The zero-order valence-electron chi connectivity index (χ0n) is 9.60. The number of methoxy groups -OCH3 is 1. The summed E-state index contributed by atoms with van der Waals surface area (Å²) in [6, 6.07) is 5.04. The van der Waals surface area contributed by atoms with Gasteiger partial charge >= 0.3 is 5.97 Å². The van der Waals surface area contributed by atoms with Gasteiger partial charge < -0.3 is 19.9 Å². The van der Waals surface area contributed by atoms with E-state index in [9.17, 15) is 4.79 Å². The molecule has 2 N–H and O–H groups in total. The van der Waals surface area contributed by atoms with Gasteiger partial charge in [0.1, 0.15) is 5.75 Å². The number of ether oxygens (including phenoxy) is 2. The topological polar surface area (TPSA) is 67.8 Å². The van der Waals surface area contributed by atoms with Crippen molar-refractivity contribution in [2.45, 2.75) is 12.5 Å². The van der Waals surface area contributed by atoms with E-state index >= 15 is 0 Å². The van der Waals surface area contributed by atoms with Crippen molar-refractivity contribution in [2.75, 3.05) is 25.6 Å². The third kappa shape index (κ3) is 2.68. The van der Waals surface area contributed by atoms with Gasteiger partial charge in [-0.25, -0.2) is 4.79 Å². The quantitative estimate of drug-likeness (QED) is 0.832. The van der Waals surface area contributed by atoms with E-state index < -0.39 is 5.97 Å². The molecule has 0 spiro atoms. The van der Waals surface area contributed by atoms with E-state index in [1.807, 2.05) is 0 Å². The van der Waals surface area contributed by atoms with Gasteiger partial charge in [-0.3, -0.25) is 0 Å². The Morgan fingerprint density at radius 2 is 2.41 bits per heavy atom. The molecule has 2 rings (SSSR count). The average Bonchev–Trinajstić information content (AvgIpc) is 2.81. The van der Waals surface area contributed by atoms with Gasteiger partial charge in [0.2, 0.25) is 0 Å². The largest absolute Gasteiger partial charge is 0.497 e. The number of carboxylic acids is 1. The van der Waals surface area contributed by atoms with E-state index in [1.54, 1.807) is 25.3 Å². The number of carboxylic acid groups (broad SMARTS) is 1. The Balaban J connectivity index is 2.24. The Kier molecular flexibility index (Phi) is 3.49. The van der Waals surface area contributed by atoms with Crippen molar-refractivity contribution >= 4 is 11.7 Å². The van der Waals surface area contributed by atoms with E-state index in [1.165, 1.54) is 0 Å². The Labute approximate surface area is 99.3 Å². The van der Waals surface area contributed by atoms with Crippen molar-refractivity contribution in [2.24, 2.45) is 0 Å². The number of anilines is 1. The van der Waals surface area contributed by atoms with E-state index in [2.05, 4.69) is 5.32 Å². The molecule has 17 heavy (non-hydrogen) atoms. The van der Waals surface area contributed by atoms with Crippen molar-refractivity contribution < 1.29 is 19.4 Å². The van der Waals surface area contributed by atoms with Crippen LogP contribution in [-0.2, 0) is 4.74 Å².